The summed E-state index contributed by atoms with van der Waals surface area (Å²) in [5.41, 5.74) is 9.27. The molecule has 0 saturated heterocycles. The van der Waals surface area contributed by atoms with Gasteiger partial charge in [0.25, 0.3) is 0 Å². The van der Waals surface area contributed by atoms with E-state index in [2.05, 4.69) is 140 Å². The van der Waals surface area contributed by atoms with Crippen molar-refractivity contribution in [2.45, 2.75) is 91.9 Å². The van der Waals surface area contributed by atoms with Crippen molar-refractivity contribution in [3.05, 3.63) is 122 Å². The Morgan fingerprint density at radius 3 is 1.21 bits per heavy atom. The molecule has 0 bridgehead atoms. The van der Waals surface area contributed by atoms with Crippen LogP contribution in [0.5, 0.6) is 0 Å². The molecule has 0 amide bonds. The fourth-order valence-corrected chi connectivity index (χ4v) is 9.15. The first-order chi connectivity index (χ1) is 21.3. The molecule has 47 heavy (non-hydrogen) atoms. The van der Waals surface area contributed by atoms with Crippen molar-refractivity contribution in [1.82, 2.24) is 0 Å². The number of fused-ring (bicyclic) bond motifs is 2. The standard InChI is InChI=1S/C42H54.2CH3.2ClH.Zr/c1-27-25-39-35(29-15-19-31(20-16-29)41(3,4)5)11-9-13-37(39)33(27)23-24-34-28(2)26-40-36(12-10-14-38(34)40)30-17-21-32(22-18-30)42(6,7)8;;;;;/h9-22,27-28,33-34,37-40H,23-26H2,1-8H3;2*1H3;2*1H;/q;2*-1;;;+4/p-2. The molecule has 0 heterocycles. The predicted molar refractivity (Wildman–Crippen MR) is 207 cm³/mol. The van der Waals surface area contributed by atoms with Crippen molar-refractivity contribution in [2.75, 3.05) is 0 Å². The SMILES string of the molecule is CC1CC2C(c3ccc(C(C)(C)C)cc3)=CC=CC2C1CCC1C(C)CC2C(c3ccc(C(C)(C)C)cc3)=CC=CC21.[CH3-].[CH3-].[Cl][Zr+2][Cl]. The van der Waals surface area contributed by atoms with Crippen molar-refractivity contribution in [3.63, 3.8) is 0 Å². The number of benzene rings is 2. The minimum atomic E-state index is -0.826. The molecule has 0 aromatic heterocycles. The van der Waals surface area contributed by atoms with Crippen LogP contribution in [0.4, 0.5) is 0 Å². The van der Waals surface area contributed by atoms with Crippen LogP contribution >= 0.6 is 17.0 Å². The van der Waals surface area contributed by atoms with Crippen LogP contribution in [0, 0.1) is 62.2 Å². The van der Waals surface area contributed by atoms with Gasteiger partial charge in [-0.25, -0.2) is 0 Å². The summed E-state index contributed by atoms with van der Waals surface area (Å²) in [4.78, 5) is 0. The molecule has 2 fully saturated rings. The second-order valence-corrected chi connectivity index (χ2v) is 20.2. The van der Waals surface area contributed by atoms with Gasteiger partial charge in [-0.1, -0.05) is 140 Å². The van der Waals surface area contributed by atoms with E-state index in [0.717, 1.165) is 23.7 Å². The van der Waals surface area contributed by atoms with Gasteiger partial charge < -0.3 is 14.9 Å². The number of hydrogen-bond donors (Lipinski definition) is 0. The molecule has 8 unspecified atom stereocenters. The van der Waals surface area contributed by atoms with Gasteiger partial charge in [-0.05, 0) is 117 Å². The first-order valence-corrected chi connectivity index (χ1v) is 23.6. The van der Waals surface area contributed by atoms with E-state index in [1.807, 2.05) is 0 Å². The van der Waals surface area contributed by atoms with Crippen LogP contribution < -0.4 is 0 Å². The van der Waals surface area contributed by atoms with Gasteiger partial charge in [-0.15, -0.1) is 0 Å². The van der Waals surface area contributed by atoms with E-state index in [1.165, 1.54) is 47.9 Å². The van der Waals surface area contributed by atoms with Crippen LogP contribution in [0.3, 0.4) is 0 Å². The predicted octanol–water partition coefficient (Wildman–Crippen LogP) is 13.7. The second kappa shape index (κ2) is 16.7. The molecule has 4 aliphatic rings. The number of halogens is 2. The molecule has 4 aliphatic carbocycles. The quantitative estimate of drug-likeness (QED) is 0.267. The molecule has 0 spiro atoms. The maximum atomic E-state index is 4.93. The third-order valence-corrected chi connectivity index (χ3v) is 11.7. The van der Waals surface area contributed by atoms with Gasteiger partial charge in [0.15, 0.2) is 0 Å². The Hall–Kier alpha value is -1.14. The Bertz CT molecular complexity index is 1300. The summed E-state index contributed by atoms with van der Waals surface area (Å²) in [6, 6.07) is 19.0. The van der Waals surface area contributed by atoms with Crippen molar-refractivity contribution in [2.24, 2.45) is 47.3 Å². The Labute approximate surface area is 308 Å². The van der Waals surface area contributed by atoms with Crippen LogP contribution in [0.25, 0.3) is 11.1 Å². The summed E-state index contributed by atoms with van der Waals surface area (Å²) in [5, 5.41) is 0. The molecule has 0 N–H and O–H groups in total. The summed E-state index contributed by atoms with van der Waals surface area (Å²) in [6.07, 6.45) is 20.1. The van der Waals surface area contributed by atoms with E-state index in [-0.39, 0.29) is 25.7 Å². The second-order valence-electron chi connectivity index (χ2n) is 16.4. The molecular weight excluding hydrogens is 691 g/mol. The van der Waals surface area contributed by atoms with Crippen LogP contribution in [0.2, 0.25) is 0 Å². The summed E-state index contributed by atoms with van der Waals surface area (Å²) < 4.78 is 0. The van der Waals surface area contributed by atoms with Crippen molar-refractivity contribution < 1.29 is 20.8 Å². The van der Waals surface area contributed by atoms with E-state index < -0.39 is 20.8 Å². The van der Waals surface area contributed by atoms with E-state index in [9.17, 15) is 0 Å². The Balaban J connectivity index is 0.00000116. The van der Waals surface area contributed by atoms with Crippen LogP contribution in [0.1, 0.15) is 103 Å². The third-order valence-electron chi connectivity index (χ3n) is 11.7. The molecule has 8 atom stereocenters. The average Bonchev–Trinajstić information content (AvgIpc) is 3.50. The summed E-state index contributed by atoms with van der Waals surface area (Å²) in [7, 11) is 9.87. The average molecular weight is 751 g/mol. The molecule has 254 valence electrons. The zero-order valence-corrected chi connectivity index (χ0v) is 34.8. The molecule has 6 rings (SSSR count). The van der Waals surface area contributed by atoms with Crippen molar-refractivity contribution >= 4 is 28.2 Å². The molecule has 0 nitrogen and oxygen atoms in total. The summed E-state index contributed by atoms with van der Waals surface area (Å²) in [6.45, 7) is 18.9. The topological polar surface area (TPSA) is 0 Å². The molecular formula is C44H60Cl2Zr. The fraction of sp³-hybridized carbons (Fsp3) is 0.500. The van der Waals surface area contributed by atoms with E-state index in [0.29, 0.717) is 23.7 Å². The Morgan fingerprint density at radius 2 is 0.915 bits per heavy atom. The molecule has 3 heteroatoms. The van der Waals surface area contributed by atoms with Crippen LogP contribution in [-0.2, 0) is 31.7 Å². The number of hydrogen-bond acceptors (Lipinski definition) is 0. The van der Waals surface area contributed by atoms with Gasteiger partial charge in [0.05, 0.1) is 0 Å². The molecule has 0 aliphatic heterocycles. The van der Waals surface area contributed by atoms with Gasteiger partial charge in [0.2, 0.25) is 0 Å². The summed E-state index contributed by atoms with van der Waals surface area (Å²) >= 11 is -0.826. The number of rotatable bonds is 5. The fourth-order valence-electron chi connectivity index (χ4n) is 9.15. The molecule has 2 saturated carbocycles. The van der Waals surface area contributed by atoms with E-state index in [4.69, 9.17) is 17.0 Å². The van der Waals surface area contributed by atoms with Crippen molar-refractivity contribution in [1.29, 1.82) is 0 Å². The maximum absolute atomic E-state index is 4.93. The van der Waals surface area contributed by atoms with Gasteiger partial charge in [-0.3, -0.25) is 0 Å². The monoisotopic (exact) mass is 748 g/mol. The van der Waals surface area contributed by atoms with Gasteiger partial charge in [-0.2, -0.15) is 0 Å². The van der Waals surface area contributed by atoms with Gasteiger partial charge in [0.1, 0.15) is 0 Å². The Kier molecular flexibility index (Phi) is 14.3. The zero-order chi connectivity index (χ0) is 32.5. The van der Waals surface area contributed by atoms with Gasteiger partial charge >= 0.3 is 37.9 Å². The first kappa shape index (κ1) is 40.3. The summed E-state index contributed by atoms with van der Waals surface area (Å²) in [5.74, 6) is 5.87. The Morgan fingerprint density at radius 1 is 0.596 bits per heavy atom. The van der Waals surface area contributed by atoms with Crippen molar-refractivity contribution in [3.8, 4) is 0 Å². The van der Waals surface area contributed by atoms with E-state index in [1.54, 1.807) is 11.1 Å². The van der Waals surface area contributed by atoms with Gasteiger partial charge in [0, 0.05) is 0 Å². The number of allylic oxidation sites excluding steroid dienone is 8. The zero-order valence-electron chi connectivity index (χ0n) is 30.8. The molecule has 2 aromatic rings. The molecule has 2 aromatic carbocycles. The first-order valence-electron chi connectivity index (χ1n) is 17.3. The normalized spacial score (nSPS) is 29.1. The molecule has 0 radical (unpaired) electrons. The van der Waals surface area contributed by atoms with Crippen LogP contribution in [0.15, 0.2) is 85.0 Å². The van der Waals surface area contributed by atoms with Crippen LogP contribution in [-0.4, -0.2) is 0 Å². The minimum absolute atomic E-state index is 0. The van der Waals surface area contributed by atoms with E-state index >= 15 is 0 Å². The third kappa shape index (κ3) is 8.97.